The van der Waals surface area contributed by atoms with Crippen LogP contribution in [-0.4, -0.2) is 73.6 Å². The van der Waals surface area contributed by atoms with Gasteiger partial charge in [0.15, 0.2) is 11.6 Å². The molecule has 0 radical (unpaired) electrons. The third kappa shape index (κ3) is 4.17. The van der Waals surface area contributed by atoms with Gasteiger partial charge in [-0.2, -0.15) is 0 Å². The van der Waals surface area contributed by atoms with E-state index in [0.717, 1.165) is 50.7 Å². The van der Waals surface area contributed by atoms with Gasteiger partial charge < -0.3 is 14.5 Å². The van der Waals surface area contributed by atoms with Gasteiger partial charge in [-0.05, 0) is 31.4 Å². The topological polar surface area (TPSA) is 48.9 Å². The minimum absolute atomic E-state index is 0.183. The molecule has 0 bridgehead atoms. The smallest absolute Gasteiger partial charge is 0.223 e. The summed E-state index contributed by atoms with van der Waals surface area (Å²) >= 11 is 0. The number of ether oxygens (including phenoxy) is 1. The summed E-state index contributed by atoms with van der Waals surface area (Å²) in [6, 6.07) is 3.97. The first-order chi connectivity index (χ1) is 11.6. The molecule has 0 spiro atoms. The number of rotatable bonds is 6. The number of amides is 1. The van der Waals surface area contributed by atoms with Crippen molar-refractivity contribution >= 4 is 11.7 Å². The van der Waals surface area contributed by atoms with Gasteiger partial charge in [-0.1, -0.05) is 0 Å². The molecule has 0 aromatic carbocycles. The average molecular weight is 332 g/mol. The number of carbonyl (C=O) groups is 1. The molecule has 2 aliphatic rings. The first-order valence-electron chi connectivity index (χ1n) is 8.92. The third-order valence-electron chi connectivity index (χ3n) is 4.82. The first kappa shape index (κ1) is 17.0. The van der Waals surface area contributed by atoms with E-state index in [2.05, 4.69) is 14.8 Å². The molecule has 1 aromatic rings. The van der Waals surface area contributed by atoms with Crippen LogP contribution in [0.3, 0.4) is 0 Å². The molecule has 2 fully saturated rings. The lowest BCUT2D eigenvalue weighted by atomic mass is 10.3. The largest absolute Gasteiger partial charge is 0.485 e. The van der Waals surface area contributed by atoms with Crippen molar-refractivity contribution < 1.29 is 9.53 Å². The van der Waals surface area contributed by atoms with Crippen molar-refractivity contribution in [3.05, 3.63) is 18.3 Å². The van der Waals surface area contributed by atoms with Crippen LogP contribution in [0.2, 0.25) is 0 Å². The molecule has 1 aromatic heterocycles. The monoisotopic (exact) mass is 332 g/mol. The number of carbonyl (C=O) groups excluding carboxylic acids is 1. The Morgan fingerprint density at radius 1 is 1.33 bits per heavy atom. The van der Waals surface area contributed by atoms with Crippen LogP contribution in [0, 0.1) is 0 Å². The molecule has 3 rings (SSSR count). The molecule has 0 aliphatic carbocycles. The van der Waals surface area contributed by atoms with Gasteiger partial charge in [-0.15, -0.1) is 0 Å². The Labute approximate surface area is 144 Å². The summed E-state index contributed by atoms with van der Waals surface area (Å²) in [6.07, 6.45) is 6.06. The third-order valence-corrected chi connectivity index (χ3v) is 4.82. The van der Waals surface area contributed by atoms with Gasteiger partial charge in [0.25, 0.3) is 0 Å². The summed E-state index contributed by atoms with van der Waals surface area (Å²) in [4.78, 5) is 22.5. The number of hydrogen-bond donors (Lipinski definition) is 0. The van der Waals surface area contributed by atoms with Gasteiger partial charge in [0, 0.05) is 59.4 Å². The summed E-state index contributed by atoms with van der Waals surface area (Å²) in [5.74, 6) is 2.06. The molecule has 6 nitrogen and oxygen atoms in total. The summed E-state index contributed by atoms with van der Waals surface area (Å²) in [7, 11) is 3.61. The Morgan fingerprint density at radius 3 is 2.88 bits per heavy atom. The fourth-order valence-corrected chi connectivity index (χ4v) is 3.39. The van der Waals surface area contributed by atoms with Gasteiger partial charge in [0.2, 0.25) is 5.91 Å². The molecule has 0 saturated carbocycles. The van der Waals surface area contributed by atoms with Crippen LogP contribution in [0.15, 0.2) is 18.3 Å². The van der Waals surface area contributed by atoms with E-state index in [1.54, 1.807) is 19.0 Å². The normalized spacial score (nSPS) is 21.2. The first-order valence-corrected chi connectivity index (χ1v) is 8.92. The van der Waals surface area contributed by atoms with Crippen molar-refractivity contribution in [3.63, 3.8) is 0 Å². The summed E-state index contributed by atoms with van der Waals surface area (Å²) < 4.78 is 6.26. The van der Waals surface area contributed by atoms with Crippen LogP contribution in [0.4, 0.5) is 5.82 Å². The molecular formula is C18H28N4O2. The van der Waals surface area contributed by atoms with Crippen LogP contribution >= 0.6 is 0 Å². The Morgan fingerprint density at radius 2 is 2.12 bits per heavy atom. The van der Waals surface area contributed by atoms with Gasteiger partial charge >= 0.3 is 0 Å². The molecule has 2 saturated heterocycles. The van der Waals surface area contributed by atoms with Crippen LogP contribution in [0.5, 0.6) is 5.75 Å². The average Bonchev–Trinajstić information content (AvgIpc) is 3.25. The van der Waals surface area contributed by atoms with Crippen molar-refractivity contribution in [1.29, 1.82) is 0 Å². The van der Waals surface area contributed by atoms with Crippen molar-refractivity contribution in [1.82, 2.24) is 14.8 Å². The lowest BCUT2D eigenvalue weighted by Crippen LogP contribution is -2.30. The van der Waals surface area contributed by atoms with Crippen LogP contribution in [0.25, 0.3) is 0 Å². The highest BCUT2D eigenvalue weighted by Gasteiger charge is 2.26. The van der Waals surface area contributed by atoms with Gasteiger partial charge in [0.1, 0.15) is 6.10 Å². The number of aromatic nitrogens is 1. The minimum atomic E-state index is 0.183. The molecule has 0 unspecified atom stereocenters. The Kier molecular flexibility index (Phi) is 5.56. The second-order valence-corrected chi connectivity index (χ2v) is 6.89. The highest BCUT2D eigenvalue weighted by molar-refractivity contribution is 5.75. The SMILES string of the molecule is CN(C)C(=O)CCN1CC[C@H](Oc2cccnc2N2CCCC2)C1. The fourth-order valence-electron chi connectivity index (χ4n) is 3.39. The quantitative estimate of drug-likeness (QED) is 0.792. The van der Waals surface area contributed by atoms with Crippen molar-refractivity contribution in [2.24, 2.45) is 0 Å². The van der Waals surface area contributed by atoms with E-state index in [1.165, 1.54) is 12.8 Å². The van der Waals surface area contributed by atoms with Crippen LogP contribution < -0.4 is 9.64 Å². The lowest BCUT2D eigenvalue weighted by molar-refractivity contribution is -0.129. The summed E-state index contributed by atoms with van der Waals surface area (Å²) in [5, 5.41) is 0. The zero-order valence-electron chi connectivity index (χ0n) is 14.8. The zero-order valence-corrected chi connectivity index (χ0v) is 14.8. The fraction of sp³-hybridized carbons (Fsp3) is 0.667. The van der Waals surface area contributed by atoms with E-state index in [0.29, 0.717) is 6.42 Å². The lowest BCUT2D eigenvalue weighted by Gasteiger charge is -2.22. The van der Waals surface area contributed by atoms with Crippen molar-refractivity contribution in [2.45, 2.75) is 31.8 Å². The van der Waals surface area contributed by atoms with Gasteiger partial charge in [-0.3, -0.25) is 9.69 Å². The Balaban J connectivity index is 1.53. The maximum absolute atomic E-state index is 11.7. The molecular weight excluding hydrogens is 304 g/mol. The Hall–Kier alpha value is -1.82. The molecule has 6 heteroatoms. The zero-order chi connectivity index (χ0) is 16.9. The summed E-state index contributed by atoms with van der Waals surface area (Å²) in [6.45, 7) is 4.82. The molecule has 1 amide bonds. The summed E-state index contributed by atoms with van der Waals surface area (Å²) in [5.41, 5.74) is 0. The number of nitrogens with zero attached hydrogens (tertiary/aromatic N) is 4. The van der Waals surface area contributed by atoms with E-state index in [1.807, 2.05) is 18.3 Å². The van der Waals surface area contributed by atoms with Gasteiger partial charge in [-0.25, -0.2) is 4.98 Å². The van der Waals surface area contributed by atoms with Crippen LogP contribution in [-0.2, 0) is 4.79 Å². The molecule has 1 atom stereocenters. The van der Waals surface area contributed by atoms with Gasteiger partial charge in [0.05, 0.1) is 0 Å². The van der Waals surface area contributed by atoms with E-state index in [-0.39, 0.29) is 12.0 Å². The van der Waals surface area contributed by atoms with E-state index >= 15 is 0 Å². The number of likely N-dealkylation sites (tertiary alicyclic amines) is 1. The predicted octanol–water partition coefficient (Wildman–Crippen LogP) is 1.61. The Bertz CT molecular complexity index is 558. The van der Waals surface area contributed by atoms with Crippen molar-refractivity contribution in [3.8, 4) is 5.75 Å². The van der Waals surface area contributed by atoms with E-state index in [4.69, 9.17) is 4.74 Å². The number of hydrogen-bond acceptors (Lipinski definition) is 5. The minimum Gasteiger partial charge on any atom is -0.485 e. The van der Waals surface area contributed by atoms with Crippen molar-refractivity contribution in [2.75, 3.05) is 51.7 Å². The van der Waals surface area contributed by atoms with Crippen LogP contribution in [0.1, 0.15) is 25.7 Å². The highest BCUT2D eigenvalue weighted by Crippen LogP contribution is 2.30. The molecule has 2 aliphatic heterocycles. The number of pyridine rings is 1. The predicted molar refractivity (Wildman–Crippen MR) is 94.5 cm³/mol. The molecule has 3 heterocycles. The second kappa shape index (κ2) is 7.83. The highest BCUT2D eigenvalue weighted by atomic mass is 16.5. The molecule has 24 heavy (non-hydrogen) atoms. The molecule has 132 valence electrons. The maximum atomic E-state index is 11.7. The molecule has 0 N–H and O–H groups in total. The van der Waals surface area contributed by atoms with E-state index in [9.17, 15) is 4.79 Å². The number of anilines is 1. The second-order valence-electron chi connectivity index (χ2n) is 6.89. The standard InChI is InChI=1S/C18H28N4O2/c1-20(2)17(23)8-13-21-12-7-15(14-21)24-16-6-5-9-19-18(16)22-10-3-4-11-22/h5-6,9,15H,3-4,7-8,10-14H2,1-2H3/t15-/m0/s1. The van der Waals surface area contributed by atoms with E-state index < -0.39 is 0 Å². The maximum Gasteiger partial charge on any atom is 0.223 e.